The number of Topliss-reactive ketones (excluding diaryl/α,β-unsaturated/α-hetero) is 1. The molecule has 0 fully saturated rings. The number of methoxy groups -OCH3 is 1. The van der Waals surface area contributed by atoms with Crippen LogP contribution in [0.5, 0.6) is 0 Å². The highest BCUT2D eigenvalue weighted by Gasteiger charge is 2.26. The van der Waals surface area contributed by atoms with Crippen LogP contribution in [0.25, 0.3) is 0 Å². The van der Waals surface area contributed by atoms with E-state index in [1.54, 1.807) is 20.8 Å². The molecule has 0 aliphatic carbocycles. The van der Waals surface area contributed by atoms with E-state index < -0.39 is 5.97 Å². The third-order valence-corrected chi connectivity index (χ3v) is 5.08. The number of aromatic amines is 1. The van der Waals surface area contributed by atoms with E-state index >= 15 is 0 Å². The summed E-state index contributed by atoms with van der Waals surface area (Å²) in [6, 6.07) is 0. The van der Waals surface area contributed by atoms with E-state index in [0.29, 0.717) is 32.0 Å². The van der Waals surface area contributed by atoms with Gasteiger partial charge in [0.1, 0.15) is 0 Å². The third kappa shape index (κ3) is 3.14. The van der Waals surface area contributed by atoms with Crippen molar-refractivity contribution in [2.24, 2.45) is 0 Å². The molecule has 0 radical (unpaired) electrons. The normalized spacial score (nSPS) is 12.2. The van der Waals surface area contributed by atoms with Gasteiger partial charge in [-0.25, -0.2) is 4.79 Å². The van der Waals surface area contributed by atoms with Crippen LogP contribution in [0.1, 0.15) is 39.0 Å². The Balaban J connectivity index is 2.24. The number of aryl methyl sites for hydroxylation is 1. The first kappa shape index (κ1) is 16.5. The zero-order chi connectivity index (χ0) is 16.4. The smallest absolute Gasteiger partial charge is 0.339 e. The molecule has 3 N–H and O–H groups in total. The number of nitrogen functional groups attached to an aromatic ring is 1. The second-order valence-electron chi connectivity index (χ2n) is 4.65. The Kier molecular flexibility index (Phi) is 4.87. The lowest BCUT2D eigenvalue weighted by Gasteiger charge is -2.07. The lowest BCUT2D eigenvalue weighted by Crippen LogP contribution is -2.15. The van der Waals surface area contributed by atoms with Crippen LogP contribution in [0, 0.1) is 13.8 Å². The molecule has 2 aromatic rings. The molecule has 0 aliphatic rings. The van der Waals surface area contributed by atoms with Gasteiger partial charge in [-0.05, 0) is 26.3 Å². The maximum absolute atomic E-state index is 12.6. The second-order valence-corrected chi connectivity index (χ2v) is 7.24. The summed E-state index contributed by atoms with van der Waals surface area (Å²) < 4.78 is 5.38. The molecule has 0 aliphatic heterocycles. The molecule has 7 nitrogen and oxygen atoms in total. The minimum Gasteiger partial charge on any atom is -0.465 e. The third-order valence-electron chi connectivity index (χ3n) is 3.14. The van der Waals surface area contributed by atoms with Crippen molar-refractivity contribution >= 4 is 40.0 Å². The van der Waals surface area contributed by atoms with Gasteiger partial charge in [-0.15, -0.1) is 10.2 Å². The Hall–Kier alpha value is -1.87. The summed E-state index contributed by atoms with van der Waals surface area (Å²) in [6.45, 7) is 5.24. The Morgan fingerprint density at radius 3 is 2.59 bits per heavy atom. The van der Waals surface area contributed by atoms with Gasteiger partial charge in [0, 0.05) is 5.69 Å². The summed E-state index contributed by atoms with van der Waals surface area (Å²) in [6.07, 6.45) is 0. The first-order chi connectivity index (χ1) is 10.3. The lowest BCUT2D eigenvalue weighted by molar-refractivity contribution is 0.0599. The van der Waals surface area contributed by atoms with Gasteiger partial charge in [-0.1, -0.05) is 23.1 Å². The van der Waals surface area contributed by atoms with Crippen LogP contribution in [0.4, 0.5) is 5.13 Å². The van der Waals surface area contributed by atoms with E-state index in [1.165, 1.54) is 30.2 Å². The highest BCUT2D eigenvalue weighted by molar-refractivity contribution is 8.02. The number of anilines is 1. The minimum absolute atomic E-state index is 0.116. The van der Waals surface area contributed by atoms with Crippen molar-refractivity contribution in [1.29, 1.82) is 0 Å². The molecular weight excluding hydrogens is 324 g/mol. The molecule has 0 aromatic carbocycles. The van der Waals surface area contributed by atoms with E-state index in [0.717, 1.165) is 0 Å². The molecule has 2 rings (SSSR count). The molecule has 0 bridgehead atoms. The van der Waals surface area contributed by atoms with E-state index in [9.17, 15) is 9.59 Å². The van der Waals surface area contributed by atoms with Gasteiger partial charge >= 0.3 is 5.97 Å². The zero-order valence-corrected chi connectivity index (χ0v) is 14.2. The number of thioether (sulfide) groups is 1. The molecule has 0 saturated carbocycles. The second kappa shape index (κ2) is 6.49. The van der Waals surface area contributed by atoms with Crippen LogP contribution in [0.3, 0.4) is 0 Å². The maximum atomic E-state index is 12.6. The quantitative estimate of drug-likeness (QED) is 0.487. The molecule has 22 heavy (non-hydrogen) atoms. The number of nitrogens with zero attached hydrogens (tertiary/aromatic N) is 2. The van der Waals surface area contributed by atoms with Crippen molar-refractivity contribution in [3.8, 4) is 0 Å². The van der Waals surface area contributed by atoms with Gasteiger partial charge in [0.05, 0.1) is 23.6 Å². The van der Waals surface area contributed by atoms with Crippen LogP contribution >= 0.6 is 23.1 Å². The fourth-order valence-electron chi connectivity index (χ4n) is 2.08. The van der Waals surface area contributed by atoms with E-state index in [1.807, 2.05) is 0 Å². The standard InChI is InChI=1S/C13H16N4O3S2/c1-5-8(11(19)20-4)6(2)15-9(5)10(18)7(3)21-13-17-16-12(14)22-13/h7,15H,1-4H3,(H2,14,16). The molecule has 1 unspecified atom stereocenters. The summed E-state index contributed by atoms with van der Waals surface area (Å²) in [5.41, 5.74) is 7.56. The van der Waals surface area contributed by atoms with Gasteiger partial charge in [-0.3, -0.25) is 4.79 Å². The number of hydrogen-bond donors (Lipinski definition) is 2. The Morgan fingerprint density at radius 1 is 1.36 bits per heavy atom. The fraction of sp³-hybridized carbons (Fsp3) is 0.385. The molecule has 0 spiro atoms. The van der Waals surface area contributed by atoms with Gasteiger partial charge < -0.3 is 15.5 Å². The Morgan fingerprint density at radius 2 is 2.05 bits per heavy atom. The highest BCUT2D eigenvalue weighted by Crippen LogP contribution is 2.30. The summed E-state index contributed by atoms with van der Waals surface area (Å²) >= 11 is 2.52. The monoisotopic (exact) mass is 340 g/mol. The fourth-order valence-corrected chi connectivity index (χ4v) is 3.92. The predicted octanol–water partition coefficient (Wildman–Crippen LogP) is 2.22. The first-order valence-electron chi connectivity index (χ1n) is 6.42. The number of nitrogens with one attached hydrogen (secondary N) is 1. The average Bonchev–Trinajstić information content (AvgIpc) is 3.00. The molecular formula is C13H16N4O3S2. The zero-order valence-electron chi connectivity index (χ0n) is 12.6. The molecule has 118 valence electrons. The highest BCUT2D eigenvalue weighted by atomic mass is 32.2. The average molecular weight is 340 g/mol. The molecule has 1 atom stereocenters. The number of rotatable bonds is 5. The number of nitrogens with two attached hydrogens (primary N) is 1. The van der Waals surface area contributed by atoms with Crippen LogP contribution < -0.4 is 5.73 Å². The maximum Gasteiger partial charge on any atom is 0.339 e. The molecule has 2 heterocycles. The summed E-state index contributed by atoms with van der Waals surface area (Å²) in [7, 11) is 1.31. The number of ketones is 1. The van der Waals surface area contributed by atoms with E-state index in [4.69, 9.17) is 10.5 Å². The lowest BCUT2D eigenvalue weighted by atomic mass is 10.1. The van der Waals surface area contributed by atoms with Crippen LogP contribution in [0.15, 0.2) is 4.34 Å². The SMILES string of the molecule is COC(=O)c1c(C)[nH]c(C(=O)C(C)Sc2nnc(N)s2)c1C. The Bertz CT molecular complexity index is 723. The van der Waals surface area contributed by atoms with E-state index in [-0.39, 0.29) is 11.0 Å². The summed E-state index contributed by atoms with van der Waals surface area (Å²) in [5, 5.41) is 7.59. The number of ether oxygens (including phenoxy) is 1. The molecule has 0 saturated heterocycles. The largest absolute Gasteiger partial charge is 0.465 e. The first-order valence-corrected chi connectivity index (χ1v) is 8.12. The summed E-state index contributed by atoms with van der Waals surface area (Å²) in [4.78, 5) is 27.3. The van der Waals surface area contributed by atoms with E-state index in [2.05, 4.69) is 15.2 Å². The van der Waals surface area contributed by atoms with Crippen LogP contribution in [-0.2, 0) is 4.74 Å². The number of esters is 1. The summed E-state index contributed by atoms with van der Waals surface area (Å²) in [5.74, 6) is -0.572. The van der Waals surface area contributed by atoms with Crippen molar-refractivity contribution < 1.29 is 14.3 Å². The van der Waals surface area contributed by atoms with Crippen LogP contribution in [0.2, 0.25) is 0 Å². The van der Waals surface area contributed by atoms with Crippen molar-refractivity contribution in [2.45, 2.75) is 30.4 Å². The number of carbonyl (C=O) groups excluding carboxylic acids is 2. The van der Waals surface area contributed by atoms with Crippen LogP contribution in [-0.4, -0.2) is 39.3 Å². The number of carbonyl (C=O) groups is 2. The Labute approximate surface area is 135 Å². The van der Waals surface area contributed by atoms with Gasteiger partial charge in [0.15, 0.2) is 10.1 Å². The minimum atomic E-state index is -0.456. The van der Waals surface area contributed by atoms with Crippen molar-refractivity contribution in [2.75, 3.05) is 12.8 Å². The topological polar surface area (TPSA) is 111 Å². The molecule has 0 amide bonds. The molecule has 9 heteroatoms. The van der Waals surface area contributed by atoms with Crippen molar-refractivity contribution in [1.82, 2.24) is 15.2 Å². The van der Waals surface area contributed by atoms with Gasteiger partial charge in [0.25, 0.3) is 0 Å². The number of aromatic nitrogens is 3. The number of hydrogen-bond acceptors (Lipinski definition) is 8. The molecule has 2 aromatic heterocycles. The number of H-pyrrole nitrogens is 1. The van der Waals surface area contributed by atoms with Crippen molar-refractivity contribution in [3.05, 3.63) is 22.5 Å². The predicted molar refractivity (Wildman–Crippen MR) is 85.6 cm³/mol. The van der Waals surface area contributed by atoms with Gasteiger partial charge in [0.2, 0.25) is 5.13 Å². The van der Waals surface area contributed by atoms with Crippen molar-refractivity contribution in [3.63, 3.8) is 0 Å². The van der Waals surface area contributed by atoms with Gasteiger partial charge in [-0.2, -0.15) is 0 Å².